The van der Waals surface area contributed by atoms with Crippen molar-refractivity contribution in [2.75, 3.05) is 6.54 Å². The minimum absolute atomic E-state index is 0.394. The third-order valence-corrected chi connectivity index (χ3v) is 6.90. The monoisotopic (exact) mass is 402 g/mol. The van der Waals surface area contributed by atoms with Crippen LogP contribution in [0.1, 0.15) is 55.1 Å². The molecule has 5 heteroatoms. The van der Waals surface area contributed by atoms with Crippen LogP contribution in [0.25, 0.3) is 0 Å². The zero-order valence-electron chi connectivity index (χ0n) is 17.6. The lowest BCUT2D eigenvalue weighted by molar-refractivity contribution is 0.0688. The highest BCUT2D eigenvalue weighted by atomic mass is 16.5. The molecule has 0 radical (unpaired) electrons. The number of ether oxygens (including phenoxy) is 1. The molecule has 5 rings (SSSR count). The van der Waals surface area contributed by atoms with E-state index in [0.717, 1.165) is 12.2 Å². The minimum atomic E-state index is 0.394. The Kier molecular flexibility index (Phi) is 5.65. The molecule has 30 heavy (non-hydrogen) atoms. The first-order valence-electron chi connectivity index (χ1n) is 11.1. The van der Waals surface area contributed by atoms with E-state index in [1.165, 1.54) is 30.4 Å². The van der Waals surface area contributed by atoms with Crippen molar-refractivity contribution in [3.8, 4) is 0 Å². The van der Waals surface area contributed by atoms with Gasteiger partial charge in [0.2, 0.25) is 0 Å². The molecular weight excluding hydrogens is 372 g/mol. The lowest BCUT2D eigenvalue weighted by atomic mass is 9.91. The van der Waals surface area contributed by atoms with Gasteiger partial charge in [-0.15, -0.1) is 5.10 Å². The molecule has 0 amide bonds. The maximum atomic E-state index is 5.86. The van der Waals surface area contributed by atoms with Gasteiger partial charge in [-0.3, -0.25) is 4.90 Å². The molecule has 4 atom stereocenters. The zero-order valence-corrected chi connectivity index (χ0v) is 17.6. The van der Waals surface area contributed by atoms with Gasteiger partial charge in [-0.2, -0.15) is 0 Å². The molecule has 0 N–H and O–H groups in total. The van der Waals surface area contributed by atoms with Gasteiger partial charge in [0, 0.05) is 18.6 Å². The van der Waals surface area contributed by atoms with Crippen molar-refractivity contribution < 1.29 is 4.74 Å². The van der Waals surface area contributed by atoms with E-state index in [1.54, 1.807) is 0 Å². The zero-order chi connectivity index (χ0) is 20.3. The van der Waals surface area contributed by atoms with Crippen molar-refractivity contribution in [2.45, 2.75) is 57.5 Å². The van der Waals surface area contributed by atoms with Crippen LogP contribution < -0.4 is 0 Å². The minimum Gasteiger partial charge on any atom is -0.370 e. The summed E-state index contributed by atoms with van der Waals surface area (Å²) in [5, 5.41) is 8.91. The fourth-order valence-corrected chi connectivity index (χ4v) is 5.24. The van der Waals surface area contributed by atoms with Gasteiger partial charge in [-0.25, -0.2) is 4.68 Å². The topological polar surface area (TPSA) is 43.2 Å². The van der Waals surface area contributed by atoms with E-state index in [2.05, 4.69) is 75.5 Å². The van der Waals surface area contributed by atoms with Crippen LogP contribution in [0.15, 0.2) is 66.9 Å². The van der Waals surface area contributed by atoms with Crippen LogP contribution in [-0.4, -0.2) is 32.5 Å². The standard InChI is InChI=1S/C25H30N4O/c1-19(21-10-6-3-7-11-21)28-16-25(22-12-13-24(28)14-22)29-15-23(26-27-29)18-30-17-20-8-4-2-5-9-20/h2-11,15,19,22,24-25H,12-14,16-18H2,1H3/t19-,22+,24-,25+/m0/s1. The molecule has 2 bridgehead atoms. The molecule has 2 heterocycles. The molecule has 0 spiro atoms. The number of hydrogen-bond acceptors (Lipinski definition) is 4. The lowest BCUT2D eigenvalue weighted by Crippen LogP contribution is -2.45. The Morgan fingerprint density at radius 2 is 1.77 bits per heavy atom. The average molecular weight is 403 g/mol. The molecule has 3 aromatic rings. The van der Waals surface area contributed by atoms with E-state index >= 15 is 0 Å². The predicted molar refractivity (Wildman–Crippen MR) is 117 cm³/mol. The molecule has 1 aromatic heterocycles. The fraction of sp³-hybridized carbons (Fsp3) is 0.440. The van der Waals surface area contributed by atoms with Crippen LogP contribution >= 0.6 is 0 Å². The van der Waals surface area contributed by atoms with E-state index in [-0.39, 0.29) is 0 Å². The van der Waals surface area contributed by atoms with Crippen molar-refractivity contribution in [2.24, 2.45) is 5.92 Å². The molecule has 2 aliphatic rings. The Morgan fingerprint density at radius 1 is 1.00 bits per heavy atom. The number of benzene rings is 2. The van der Waals surface area contributed by atoms with Gasteiger partial charge >= 0.3 is 0 Å². The van der Waals surface area contributed by atoms with Crippen LogP contribution in [0.4, 0.5) is 0 Å². The molecule has 5 nitrogen and oxygen atoms in total. The number of likely N-dealkylation sites (tertiary alicyclic amines) is 1. The molecule has 1 aliphatic carbocycles. The summed E-state index contributed by atoms with van der Waals surface area (Å²) < 4.78 is 7.97. The number of rotatable bonds is 7. The molecule has 1 saturated carbocycles. The van der Waals surface area contributed by atoms with Crippen LogP contribution in [0.3, 0.4) is 0 Å². The third-order valence-electron chi connectivity index (χ3n) is 6.90. The maximum absolute atomic E-state index is 5.86. The van der Waals surface area contributed by atoms with Crippen LogP contribution in [0.2, 0.25) is 0 Å². The van der Waals surface area contributed by atoms with Crippen molar-refractivity contribution in [3.05, 3.63) is 83.7 Å². The van der Waals surface area contributed by atoms with Crippen molar-refractivity contribution >= 4 is 0 Å². The molecule has 1 aliphatic heterocycles. The van der Waals surface area contributed by atoms with Crippen molar-refractivity contribution in [3.63, 3.8) is 0 Å². The summed E-state index contributed by atoms with van der Waals surface area (Å²) in [7, 11) is 0. The lowest BCUT2D eigenvalue weighted by Gasteiger charge is -2.42. The highest BCUT2D eigenvalue weighted by Crippen LogP contribution is 2.45. The number of fused-ring (bicyclic) bond motifs is 2. The predicted octanol–water partition coefficient (Wildman–Crippen LogP) is 4.78. The Balaban J connectivity index is 1.25. The smallest absolute Gasteiger partial charge is 0.108 e. The number of nitrogens with zero attached hydrogens (tertiary/aromatic N) is 4. The third kappa shape index (κ3) is 4.05. The maximum Gasteiger partial charge on any atom is 0.108 e. The first-order chi connectivity index (χ1) is 14.8. The Labute approximate surface area is 178 Å². The Morgan fingerprint density at radius 3 is 2.57 bits per heavy atom. The van der Waals surface area contributed by atoms with Gasteiger partial charge in [0.05, 0.1) is 25.5 Å². The number of hydrogen-bond donors (Lipinski definition) is 0. The molecule has 0 unspecified atom stereocenters. The van der Waals surface area contributed by atoms with E-state index in [9.17, 15) is 0 Å². The van der Waals surface area contributed by atoms with E-state index in [0.29, 0.717) is 37.3 Å². The van der Waals surface area contributed by atoms with Gasteiger partial charge in [-0.1, -0.05) is 65.9 Å². The molecule has 1 saturated heterocycles. The highest BCUT2D eigenvalue weighted by molar-refractivity contribution is 5.19. The van der Waals surface area contributed by atoms with Gasteiger partial charge in [0.25, 0.3) is 0 Å². The van der Waals surface area contributed by atoms with E-state index in [4.69, 9.17) is 4.74 Å². The number of aromatic nitrogens is 3. The molecular formula is C25H30N4O. The highest BCUT2D eigenvalue weighted by Gasteiger charge is 2.43. The largest absolute Gasteiger partial charge is 0.370 e. The van der Waals surface area contributed by atoms with Gasteiger partial charge in [0.1, 0.15) is 5.69 Å². The van der Waals surface area contributed by atoms with Gasteiger partial charge in [-0.05, 0) is 43.2 Å². The Hall–Kier alpha value is -2.50. The summed E-state index contributed by atoms with van der Waals surface area (Å²) in [6.07, 6.45) is 5.94. The van der Waals surface area contributed by atoms with Gasteiger partial charge in [0.15, 0.2) is 0 Å². The molecule has 156 valence electrons. The van der Waals surface area contributed by atoms with Crippen molar-refractivity contribution in [1.29, 1.82) is 0 Å². The quantitative estimate of drug-likeness (QED) is 0.570. The second-order valence-electron chi connectivity index (χ2n) is 8.75. The van der Waals surface area contributed by atoms with Crippen LogP contribution in [-0.2, 0) is 18.0 Å². The normalized spacial score (nSPS) is 24.8. The second kappa shape index (κ2) is 8.70. The summed E-state index contributed by atoms with van der Waals surface area (Å²) in [6, 6.07) is 22.6. The summed E-state index contributed by atoms with van der Waals surface area (Å²) in [5.41, 5.74) is 3.49. The van der Waals surface area contributed by atoms with Gasteiger partial charge < -0.3 is 4.74 Å². The Bertz CT molecular complexity index is 942. The van der Waals surface area contributed by atoms with Crippen LogP contribution in [0.5, 0.6) is 0 Å². The fourth-order valence-electron chi connectivity index (χ4n) is 5.24. The summed E-state index contributed by atoms with van der Waals surface area (Å²) in [6.45, 7) is 4.48. The average Bonchev–Trinajstić information content (AvgIpc) is 3.43. The first kappa shape index (κ1) is 19.5. The van der Waals surface area contributed by atoms with E-state index < -0.39 is 0 Å². The first-order valence-corrected chi connectivity index (χ1v) is 11.1. The summed E-state index contributed by atoms with van der Waals surface area (Å²) >= 11 is 0. The summed E-state index contributed by atoms with van der Waals surface area (Å²) in [4.78, 5) is 2.69. The van der Waals surface area contributed by atoms with E-state index in [1.807, 2.05) is 18.2 Å². The number of piperidine rings is 1. The second-order valence-corrected chi connectivity index (χ2v) is 8.75. The summed E-state index contributed by atoms with van der Waals surface area (Å²) in [5.74, 6) is 0.703. The molecule has 2 fully saturated rings. The van der Waals surface area contributed by atoms with Crippen LogP contribution in [0, 0.1) is 5.92 Å². The SMILES string of the molecule is C[C@@H](c1ccccc1)N1C[C@@H](n2cc(COCc3ccccc3)nn2)[C@@H]2CC[C@H]1C2. The van der Waals surface area contributed by atoms with Crippen molar-refractivity contribution in [1.82, 2.24) is 19.9 Å². The molecule has 2 aromatic carbocycles.